The molecule has 70 valence electrons. The molecule has 0 bridgehead atoms. The predicted molar refractivity (Wildman–Crippen MR) is 50.6 cm³/mol. The number of rotatable bonds is 4. The van der Waals surface area contributed by atoms with E-state index in [9.17, 15) is 4.79 Å². The van der Waals surface area contributed by atoms with Crippen molar-refractivity contribution in [3.05, 3.63) is 12.2 Å². The van der Waals surface area contributed by atoms with Gasteiger partial charge in [-0.05, 0) is 12.8 Å². The Morgan fingerprint density at radius 3 is 2.42 bits per heavy atom. The molecule has 0 aliphatic carbocycles. The number of carbonyl (C=O) groups is 1. The average Bonchev–Trinajstić information content (AvgIpc) is 1.98. The van der Waals surface area contributed by atoms with Crippen molar-refractivity contribution in [2.24, 2.45) is 11.7 Å². The first kappa shape index (κ1) is 11.2. The summed E-state index contributed by atoms with van der Waals surface area (Å²) in [5.74, 6) is 0.0723. The smallest absolute Gasteiger partial charge is 0.237 e. The maximum absolute atomic E-state index is 11.2. The Morgan fingerprint density at radius 1 is 1.58 bits per heavy atom. The van der Waals surface area contributed by atoms with E-state index in [2.05, 4.69) is 11.9 Å². The van der Waals surface area contributed by atoms with Gasteiger partial charge in [0.2, 0.25) is 5.91 Å². The van der Waals surface area contributed by atoms with Crippen LogP contribution in [0, 0.1) is 5.92 Å². The lowest BCUT2D eigenvalue weighted by Crippen LogP contribution is -2.44. The zero-order valence-electron chi connectivity index (χ0n) is 8.05. The van der Waals surface area contributed by atoms with Gasteiger partial charge >= 0.3 is 0 Å². The van der Waals surface area contributed by atoms with E-state index >= 15 is 0 Å². The molecular formula is C9H18N2O. The number of nitrogens with two attached hydrogens (primary N) is 1. The van der Waals surface area contributed by atoms with Crippen LogP contribution in [0.25, 0.3) is 0 Å². The SMILES string of the molecule is C=C(C)CNC(=O)[C@H](N)C(C)C. The second-order valence-corrected chi connectivity index (χ2v) is 3.44. The largest absolute Gasteiger partial charge is 0.351 e. The fourth-order valence-corrected chi connectivity index (χ4v) is 0.659. The number of amides is 1. The van der Waals surface area contributed by atoms with Gasteiger partial charge < -0.3 is 11.1 Å². The average molecular weight is 170 g/mol. The standard InChI is InChI=1S/C9H18N2O/c1-6(2)5-11-9(12)8(10)7(3)4/h7-8H,1,5,10H2,2-4H3,(H,11,12)/t8-/m1/s1. The van der Waals surface area contributed by atoms with E-state index in [1.165, 1.54) is 0 Å². The maximum Gasteiger partial charge on any atom is 0.237 e. The summed E-state index contributed by atoms with van der Waals surface area (Å²) in [6, 6.07) is -0.413. The van der Waals surface area contributed by atoms with Crippen LogP contribution in [0.15, 0.2) is 12.2 Å². The minimum absolute atomic E-state index is 0.104. The van der Waals surface area contributed by atoms with Crippen molar-refractivity contribution >= 4 is 5.91 Å². The zero-order chi connectivity index (χ0) is 9.72. The zero-order valence-corrected chi connectivity index (χ0v) is 8.05. The number of carbonyl (C=O) groups excluding carboxylic acids is 1. The van der Waals surface area contributed by atoms with E-state index in [0.29, 0.717) is 6.54 Å². The monoisotopic (exact) mass is 170 g/mol. The minimum atomic E-state index is -0.413. The first-order chi connectivity index (χ1) is 5.45. The molecule has 0 aromatic heterocycles. The van der Waals surface area contributed by atoms with Crippen molar-refractivity contribution in [1.82, 2.24) is 5.32 Å². The van der Waals surface area contributed by atoms with Crippen LogP contribution in [0.1, 0.15) is 20.8 Å². The van der Waals surface area contributed by atoms with Gasteiger partial charge in [-0.3, -0.25) is 4.79 Å². The second-order valence-electron chi connectivity index (χ2n) is 3.44. The van der Waals surface area contributed by atoms with Crippen molar-refractivity contribution in [1.29, 1.82) is 0 Å². The third kappa shape index (κ3) is 4.13. The van der Waals surface area contributed by atoms with E-state index in [1.807, 2.05) is 20.8 Å². The summed E-state index contributed by atoms with van der Waals surface area (Å²) in [5, 5.41) is 2.70. The molecule has 3 N–H and O–H groups in total. The molecule has 0 aliphatic heterocycles. The summed E-state index contributed by atoms with van der Waals surface area (Å²) in [5.41, 5.74) is 6.53. The summed E-state index contributed by atoms with van der Waals surface area (Å²) in [7, 11) is 0. The Labute approximate surface area is 74.0 Å². The van der Waals surface area contributed by atoms with Gasteiger partial charge in [0.15, 0.2) is 0 Å². The molecule has 0 aromatic rings. The molecule has 1 amide bonds. The minimum Gasteiger partial charge on any atom is -0.351 e. The molecule has 0 heterocycles. The van der Waals surface area contributed by atoms with Crippen LogP contribution in [0.2, 0.25) is 0 Å². The number of hydrogen-bond donors (Lipinski definition) is 2. The predicted octanol–water partition coefficient (Wildman–Crippen LogP) is 0.662. The van der Waals surface area contributed by atoms with Crippen LogP contribution in [-0.2, 0) is 4.79 Å². The summed E-state index contributed by atoms with van der Waals surface area (Å²) in [6.07, 6.45) is 0. The molecule has 0 aromatic carbocycles. The van der Waals surface area contributed by atoms with Crippen LogP contribution < -0.4 is 11.1 Å². The van der Waals surface area contributed by atoms with Gasteiger partial charge in [-0.25, -0.2) is 0 Å². The molecule has 0 fully saturated rings. The molecule has 3 heteroatoms. The van der Waals surface area contributed by atoms with E-state index in [4.69, 9.17) is 5.73 Å². The fraction of sp³-hybridized carbons (Fsp3) is 0.667. The molecule has 3 nitrogen and oxygen atoms in total. The molecule has 0 saturated carbocycles. The van der Waals surface area contributed by atoms with Gasteiger partial charge in [0.1, 0.15) is 0 Å². The lowest BCUT2D eigenvalue weighted by Gasteiger charge is -2.14. The first-order valence-electron chi connectivity index (χ1n) is 4.12. The summed E-state index contributed by atoms with van der Waals surface area (Å²) >= 11 is 0. The summed E-state index contributed by atoms with van der Waals surface area (Å²) in [4.78, 5) is 11.2. The lowest BCUT2D eigenvalue weighted by molar-refractivity contribution is -0.123. The van der Waals surface area contributed by atoms with Gasteiger partial charge in [-0.2, -0.15) is 0 Å². The van der Waals surface area contributed by atoms with Crippen LogP contribution >= 0.6 is 0 Å². The van der Waals surface area contributed by atoms with Gasteiger partial charge in [0.05, 0.1) is 6.04 Å². The van der Waals surface area contributed by atoms with Crippen molar-refractivity contribution in [2.75, 3.05) is 6.54 Å². The Bertz CT molecular complexity index is 175. The normalized spacial score (nSPS) is 12.8. The van der Waals surface area contributed by atoms with Gasteiger partial charge in [0.25, 0.3) is 0 Å². The first-order valence-corrected chi connectivity index (χ1v) is 4.12. The molecule has 1 atom stereocenters. The van der Waals surface area contributed by atoms with Crippen LogP contribution in [0.4, 0.5) is 0 Å². The Morgan fingerprint density at radius 2 is 2.08 bits per heavy atom. The summed E-state index contributed by atoms with van der Waals surface area (Å²) in [6.45, 7) is 9.89. The van der Waals surface area contributed by atoms with Crippen LogP contribution in [-0.4, -0.2) is 18.5 Å². The highest BCUT2D eigenvalue weighted by Gasteiger charge is 2.15. The van der Waals surface area contributed by atoms with Crippen molar-refractivity contribution in [3.8, 4) is 0 Å². The Hall–Kier alpha value is -0.830. The highest BCUT2D eigenvalue weighted by molar-refractivity contribution is 5.81. The van der Waals surface area contributed by atoms with E-state index in [1.54, 1.807) is 0 Å². The third-order valence-corrected chi connectivity index (χ3v) is 1.59. The van der Waals surface area contributed by atoms with Crippen molar-refractivity contribution in [3.63, 3.8) is 0 Å². The number of nitrogens with one attached hydrogen (secondary N) is 1. The van der Waals surface area contributed by atoms with Gasteiger partial charge in [-0.1, -0.05) is 26.0 Å². The molecule has 0 saturated heterocycles. The fourth-order valence-electron chi connectivity index (χ4n) is 0.659. The number of hydrogen-bond acceptors (Lipinski definition) is 2. The maximum atomic E-state index is 11.2. The molecule has 0 unspecified atom stereocenters. The Balaban J connectivity index is 3.80. The molecule has 0 spiro atoms. The van der Waals surface area contributed by atoms with E-state index in [0.717, 1.165) is 5.57 Å². The van der Waals surface area contributed by atoms with Gasteiger partial charge in [0, 0.05) is 6.54 Å². The third-order valence-electron chi connectivity index (χ3n) is 1.59. The molecule has 0 rings (SSSR count). The van der Waals surface area contributed by atoms with Crippen LogP contribution in [0.3, 0.4) is 0 Å². The highest BCUT2D eigenvalue weighted by atomic mass is 16.2. The quantitative estimate of drug-likeness (QED) is 0.609. The lowest BCUT2D eigenvalue weighted by atomic mass is 10.1. The topological polar surface area (TPSA) is 55.1 Å². The van der Waals surface area contributed by atoms with E-state index < -0.39 is 6.04 Å². The second kappa shape index (κ2) is 4.93. The molecular weight excluding hydrogens is 152 g/mol. The van der Waals surface area contributed by atoms with Crippen molar-refractivity contribution < 1.29 is 4.79 Å². The van der Waals surface area contributed by atoms with Crippen molar-refractivity contribution in [2.45, 2.75) is 26.8 Å². The highest BCUT2D eigenvalue weighted by Crippen LogP contribution is 1.97. The molecule has 12 heavy (non-hydrogen) atoms. The molecule has 0 aliphatic rings. The molecule has 0 radical (unpaired) electrons. The van der Waals surface area contributed by atoms with Gasteiger partial charge in [-0.15, -0.1) is 0 Å². The van der Waals surface area contributed by atoms with Crippen LogP contribution in [0.5, 0.6) is 0 Å². The van der Waals surface area contributed by atoms with E-state index in [-0.39, 0.29) is 11.8 Å². The Kier molecular flexibility index (Phi) is 4.59. The summed E-state index contributed by atoms with van der Waals surface area (Å²) < 4.78 is 0.